The van der Waals surface area contributed by atoms with Gasteiger partial charge in [-0.25, -0.2) is 0 Å². The highest BCUT2D eigenvalue weighted by atomic mass is 32.1. The van der Waals surface area contributed by atoms with Gasteiger partial charge < -0.3 is 4.90 Å². The normalized spacial score (nSPS) is 11.3. The van der Waals surface area contributed by atoms with Gasteiger partial charge in [0.15, 0.2) is 0 Å². The van der Waals surface area contributed by atoms with E-state index in [1.165, 1.54) is 53.2 Å². The van der Waals surface area contributed by atoms with E-state index in [0.29, 0.717) is 0 Å². The lowest BCUT2D eigenvalue weighted by Gasteiger charge is -2.28. The van der Waals surface area contributed by atoms with Gasteiger partial charge in [-0.05, 0) is 69.9 Å². The van der Waals surface area contributed by atoms with Crippen molar-refractivity contribution < 1.29 is 0 Å². The first-order valence-electron chi connectivity index (χ1n) is 14.3. The van der Waals surface area contributed by atoms with Crippen LogP contribution in [0.2, 0.25) is 0 Å². The number of hydrogen-bond acceptors (Lipinski definition) is 2. The summed E-state index contributed by atoms with van der Waals surface area (Å²) >= 11 is 1.86. The van der Waals surface area contributed by atoms with Crippen LogP contribution in [-0.2, 0) is 0 Å². The standard InChI is InChI=1S/C40H27NS/c1-2-16-30(17-3-1)41(31-18-10-15-29(27-31)33-22-11-14-28-13-4-5-19-32(28)33)37-24-8-6-20-34(37)35-23-12-26-39-40(35)36-21-7-9-25-38(36)42-39/h1-27H. The van der Waals surface area contributed by atoms with Crippen molar-refractivity contribution in [2.75, 3.05) is 4.90 Å². The third kappa shape index (κ3) is 4.16. The van der Waals surface area contributed by atoms with E-state index < -0.39 is 0 Å². The molecule has 0 bridgehead atoms. The van der Waals surface area contributed by atoms with Gasteiger partial charge in [0.05, 0.1) is 5.69 Å². The molecule has 2 heteroatoms. The lowest BCUT2D eigenvalue weighted by molar-refractivity contribution is 1.28. The largest absolute Gasteiger partial charge is 0.310 e. The molecule has 0 atom stereocenters. The molecule has 0 N–H and O–H groups in total. The van der Waals surface area contributed by atoms with Crippen LogP contribution in [0.5, 0.6) is 0 Å². The van der Waals surface area contributed by atoms with Crippen molar-refractivity contribution in [1.29, 1.82) is 0 Å². The molecule has 0 saturated carbocycles. The molecule has 0 saturated heterocycles. The summed E-state index contributed by atoms with van der Waals surface area (Å²) < 4.78 is 2.63. The molecule has 0 aliphatic rings. The lowest BCUT2D eigenvalue weighted by Crippen LogP contribution is -2.11. The van der Waals surface area contributed by atoms with Gasteiger partial charge in [0.1, 0.15) is 0 Å². The van der Waals surface area contributed by atoms with Crippen molar-refractivity contribution >= 4 is 59.3 Å². The third-order valence-corrected chi connectivity index (χ3v) is 9.19. The van der Waals surface area contributed by atoms with Gasteiger partial charge in [0.25, 0.3) is 0 Å². The minimum atomic E-state index is 1.13. The van der Waals surface area contributed by atoms with E-state index in [1.54, 1.807) is 0 Å². The topological polar surface area (TPSA) is 3.24 Å². The number of fused-ring (bicyclic) bond motifs is 4. The molecule has 0 spiro atoms. The molecule has 8 aromatic rings. The van der Waals surface area contributed by atoms with Gasteiger partial charge in [-0.1, -0.05) is 121 Å². The predicted molar refractivity (Wildman–Crippen MR) is 182 cm³/mol. The first-order valence-corrected chi connectivity index (χ1v) is 15.1. The molecular weight excluding hydrogens is 527 g/mol. The van der Waals surface area contributed by atoms with Gasteiger partial charge in [-0.3, -0.25) is 0 Å². The van der Waals surface area contributed by atoms with E-state index in [4.69, 9.17) is 0 Å². The zero-order valence-electron chi connectivity index (χ0n) is 22.9. The molecule has 7 aromatic carbocycles. The van der Waals surface area contributed by atoms with E-state index in [2.05, 4.69) is 169 Å². The van der Waals surface area contributed by atoms with Gasteiger partial charge in [0, 0.05) is 37.1 Å². The van der Waals surface area contributed by atoms with Crippen LogP contribution in [0, 0.1) is 0 Å². The van der Waals surface area contributed by atoms with Crippen molar-refractivity contribution in [1.82, 2.24) is 0 Å². The van der Waals surface area contributed by atoms with Gasteiger partial charge in [0.2, 0.25) is 0 Å². The lowest BCUT2D eigenvalue weighted by atomic mass is 9.96. The number of para-hydroxylation sites is 2. The monoisotopic (exact) mass is 553 g/mol. The molecule has 0 unspecified atom stereocenters. The number of anilines is 3. The number of benzene rings is 7. The Balaban J connectivity index is 1.36. The summed E-state index contributed by atoms with van der Waals surface area (Å²) in [6.07, 6.45) is 0. The fourth-order valence-electron chi connectivity index (χ4n) is 6.19. The summed E-state index contributed by atoms with van der Waals surface area (Å²) in [5, 5.41) is 5.15. The smallest absolute Gasteiger partial charge is 0.0540 e. The Labute approximate surface area is 249 Å². The van der Waals surface area contributed by atoms with Crippen molar-refractivity contribution in [2.24, 2.45) is 0 Å². The van der Waals surface area contributed by atoms with Crippen LogP contribution >= 0.6 is 11.3 Å². The molecule has 0 aliphatic carbocycles. The maximum atomic E-state index is 2.40. The Kier molecular flexibility index (Phi) is 6.05. The second-order valence-corrected chi connectivity index (χ2v) is 11.6. The molecule has 8 rings (SSSR count). The number of nitrogens with zero attached hydrogens (tertiary/aromatic N) is 1. The van der Waals surface area contributed by atoms with Crippen molar-refractivity contribution in [2.45, 2.75) is 0 Å². The minimum absolute atomic E-state index is 1.13. The fraction of sp³-hybridized carbons (Fsp3) is 0. The van der Waals surface area contributed by atoms with Crippen LogP contribution in [0.15, 0.2) is 164 Å². The quantitative estimate of drug-likeness (QED) is 0.205. The van der Waals surface area contributed by atoms with E-state index in [9.17, 15) is 0 Å². The molecule has 0 radical (unpaired) electrons. The van der Waals surface area contributed by atoms with Crippen molar-refractivity contribution in [3.8, 4) is 22.3 Å². The highest BCUT2D eigenvalue weighted by molar-refractivity contribution is 7.25. The van der Waals surface area contributed by atoms with Gasteiger partial charge in [-0.2, -0.15) is 0 Å². The maximum absolute atomic E-state index is 2.40. The fourth-order valence-corrected chi connectivity index (χ4v) is 7.32. The van der Waals surface area contributed by atoms with E-state index >= 15 is 0 Å². The second-order valence-electron chi connectivity index (χ2n) is 10.5. The minimum Gasteiger partial charge on any atom is -0.310 e. The first kappa shape index (κ1) is 24.6. The van der Waals surface area contributed by atoms with E-state index in [1.807, 2.05) is 11.3 Å². The molecule has 198 valence electrons. The first-order chi connectivity index (χ1) is 20.8. The van der Waals surface area contributed by atoms with Crippen LogP contribution in [0.1, 0.15) is 0 Å². The van der Waals surface area contributed by atoms with Crippen LogP contribution in [0.25, 0.3) is 53.2 Å². The number of rotatable bonds is 5. The van der Waals surface area contributed by atoms with Crippen LogP contribution < -0.4 is 4.90 Å². The number of thiophene rings is 1. The van der Waals surface area contributed by atoms with Gasteiger partial charge in [-0.15, -0.1) is 11.3 Å². The van der Waals surface area contributed by atoms with Crippen LogP contribution in [-0.4, -0.2) is 0 Å². The van der Waals surface area contributed by atoms with Crippen molar-refractivity contribution in [3.05, 3.63) is 164 Å². The molecule has 0 fully saturated rings. The average Bonchev–Trinajstić information content (AvgIpc) is 3.45. The van der Waals surface area contributed by atoms with Crippen molar-refractivity contribution in [3.63, 3.8) is 0 Å². The van der Waals surface area contributed by atoms with E-state index in [-0.39, 0.29) is 0 Å². The average molecular weight is 554 g/mol. The Hall–Kier alpha value is -5.18. The third-order valence-electron chi connectivity index (χ3n) is 8.06. The SMILES string of the molecule is c1ccc(N(c2cccc(-c3cccc4ccccc34)c2)c2ccccc2-c2cccc3sc4ccccc4c23)cc1. The Morgan fingerprint density at radius 1 is 0.405 bits per heavy atom. The summed E-state index contributed by atoms with van der Waals surface area (Å²) in [5.74, 6) is 0. The zero-order chi connectivity index (χ0) is 27.9. The molecular formula is C40H27NS. The molecule has 42 heavy (non-hydrogen) atoms. The van der Waals surface area contributed by atoms with Crippen LogP contribution in [0.4, 0.5) is 17.1 Å². The summed E-state index contributed by atoms with van der Waals surface area (Å²) in [6, 6.07) is 59.1. The molecule has 1 heterocycles. The zero-order valence-corrected chi connectivity index (χ0v) is 23.8. The Bertz CT molecular complexity index is 2200. The predicted octanol–water partition coefficient (Wildman–Crippen LogP) is 12.0. The highest BCUT2D eigenvalue weighted by Crippen LogP contribution is 2.46. The summed E-state index contributed by atoms with van der Waals surface area (Å²) in [7, 11) is 0. The second kappa shape index (κ2) is 10.3. The van der Waals surface area contributed by atoms with Crippen LogP contribution in [0.3, 0.4) is 0 Å². The van der Waals surface area contributed by atoms with Gasteiger partial charge >= 0.3 is 0 Å². The number of hydrogen-bond donors (Lipinski definition) is 0. The maximum Gasteiger partial charge on any atom is 0.0540 e. The summed E-state index contributed by atoms with van der Waals surface area (Å²) in [4.78, 5) is 2.40. The molecule has 0 aliphatic heterocycles. The molecule has 1 aromatic heterocycles. The van der Waals surface area contributed by atoms with E-state index in [0.717, 1.165) is 17.1 Å². The highest BCUT2D eigenvalue weighted by Gasteiger charge is 2.20. The Morgan fingerprint density at radius 2 is 1.02 bits per heavy atom. The summed E-state index contributed by atoms with van der Waals surface area (Å²) in [5.41, 5.74) is 8.32. The molecule has 0 amide bonds. The molecule has 1 nitrogen and oxygen atoms in total. The summed E-state index contributed by atoms with van der Waals surface area (Å²) in [6.45, 7) is 0. The Morgan fingerprint density at radius 3 is 1.95 bits per heavy atom.